The van der Waals surface area contributed by atoms with E-state index in [-0.39, 0.29) is 6.04 Å². The summed E-state index contributed by atoms with van der Waals surface area (Å²) in [6, 6.07) is 10.5. The van der Waals surface area contributed by atoms with Crippen molar-refractivity contribution in [3.8, 4) is 0 Å². The molecule has 4 heteroatoms. The highest BCUT2D eigenvalue weighted by atomic mass is 32.1. The van der Waals surface area contributed by atoms with Crippen molar-refractivity contribution in [2.45, 2.75) is 25.8 Å². The summed E-state index contributed by atoms with van der Waals surface area (Å²) in [6.45, 7) is 3.15. The van der Waals surface area contributed by atoms with E-state index in [4.69, 9.17) is 4.42 Å². The molecule has 0 saturated heterocycles. The Hall–Kier alpha value is -1.65. The van der Waals surface area contributed by atoms with Crippen molar-refractivity contribution in [1.29, 1.82) is 0 Å². The molecule has 20 heavy (non-hydrogen) atoms. The Morgan fingerprint density at radius 3 is 3.00 bits per heavy atom. The summed E-state index contributed by atoms with van der Waals surface area (Å²) in [7, 11) is 0. The smallest absolute Gasteiger partial charge is 0.134 e. The van der Waals surface area contributed by atoms with Crippen molar-refractivity contribution in [2.24, 2.45) is 0 Å². The summed E-state index contributed by atoms with van der Waals surface area (Å²) < 4.78 is 5.99. The monoisotopic (exact) mass is 286 g/mol. The fourth-order valence-electron chi connectivity index (χ4n) is 2.29. The number of fused-ring (bicyclic) bond motifs is 1. The predicted octanol–water partition coefficient (Wildman–Crippen LogP) is 4.17. The van der Waals surface area contributed by atoms with Gasteiger partial charge >= 0.3 is 0 Å². The summed E-state index contributed by atoms with van der Waals surface area (Å²) in [5, 5.41) is 7.87. The molecule has 0 spiro atoms. The van der Waals surface area contributed by atoms with Gasteiger partial charge in [0, 0.05) is 23.4 Å². The van der Waals surface area contributed by atoms with Crippen LogP contribution in [-0.4, -0.2) is 11.5 Å². The van der Waals surface area contributed by atoms with Crippen LogP contribution >= 0.6 is 11.3 Å². The molecule has 0 saturated carbocycles. The first-order valence-electron chi connectivity index (χ1n) is 6.97. The molecule has 0 bridgehead atoms. The summed E-state index contributed by atoms with van der Waals surface area (Å²) in [5.41, 5.74) is 0.949. The SMILES string of the molecule is CCCNC(Cc1nccs1)c1cc2ccccc2o1. The maximum atomic E-state index is 5.99. The first-order chi connectivity index (χ1) is 9.86. The first-order valence-corrected chi connectivity index (χ1v) is 7.85. The Balaban J connectivity index is 1.87. The van der Waals surface area contributed by atoms with Crippen molar-refractivity contribution >= 4 is 22.3 Å². The van der Waals surface area contributed by atoms with Crippen LogP contribution in [0, 0.1) is 0 Å². The Morgan fingerprint density at radius 1 is 1.35 bits per heavy atom. The maximum Gasteiger partial charge on any atom is 0.134 e. The van der Waals surface area contributed by atoms with E-state index in [0.29, 0.717) is 0 Å². The highest BCUT2D eigenvalue weighted by Crippen LogP contribution is 2.26. The number of benzene rings is 1. The molecular weight excluding hydrogens is 268 g/mol. The molecule has 0 amide bonds. The Kier molecular flexibility index (Phi) is 4.14. The molecular formula is C16H18N2OS. The van der Waals surface area contributed by atoms with E-state index in [2.05, 4.69) is 29.4 Å². The lowest BCUT2D eigenvalue weighted by molar-refractivity contribution is 0.427. The molecule has 2 heterocycles. The van der Waals surface area contributed by atoms with Crippen LogP contribution in [-0.2, 0) is 6.42 Å². The third kappa shape index (κ3) is 2.92. The summed E-state index contributed by atoms with van der Waals surface area (Å²) in [6.07, 6.45) is 3.83. The van der Waals surface area contributed by atoms with Gasteiger partial charge in [-0.3, -0.25) is 0 Å². The molecule has 0 fully saturated rings. The average molecular weight is 286 g/mol. The molecule has 1 unspecified atom stereocenters. The zero-order chi connectivity index (χ0) is 13.8. The van der Waals surface area contributed by atoms with Crippen molar-refractivity contribution in [3.63, 3.8) is 0 Å². The molecule has 0 aliphatic carbocycles. The molecule has 1 N–H and O–H groups in total. The van der Waals surface area contributed by atoms with Gasteiger partial charge in [0.15, 0.2) is 0 Å². The minimum Gasteiger partial charge on any atom is -0.459 e. The number of nitrogens with zero attached hydrogens (tertiary/aromatic N) is 1. The predicted molar refractivity (Wildman–Crippen MR) is 83.1 cm³/mol. The molecule has 0 aliphatic rings. The van der Waals surface area contributed by atoms with Gasteiger partial charge in [-0.1, -0.05) is 25.1 Å². The number of hydrogen-bond acceptors (Lipinski definition) is 4. The van der Waals surface area contributed by atoms with Gasteiger partial charge in [-0.2, -0.15) is 0 Å². The van der Waals surface area contributed by atoms with Gasteiger partial charge in [0.2, 0.25) is 0 Å². The third-order valence-corrected chi connectivity index (χ3v) is 4.09. The number of furan rings is 1. The van der Waals surface area contributed by atoms with Gasteiger partial charge in [-0.15, -0.1) is 11.3 Å². The zero-order valence-corrected chi connectivity index (χ0v) is 12.3. The largest absolute Gasteiger partial charge is 0.459 e. The van der Waals surface area contributed by atoms with Gasteiger partial charge in [-0.25, -0.2) is 4.98 Å². The first kappa shape index (κ1) is 13.3. The van der Waals surface area contributed by atoms with Gasteiger partial charge < -0.3 is 9.73 Å². The number of hydrogen-bond donors (Lipinski definition) is 1. The van der Waals surface area contributed by atoms with Crippen LogP contribution in [0.5, 0.6) is 0 Å². The topological polar surface area (TPSA) is 38.1 Å². The number of aromatic nitrogens is 1. The van der Waals surface area contributed by atoms with Crippen LogP contribution < -0.4 is 5.32 Å². The minimum absolute atomic E-state index is 0.188. The lowest BCUT2D eigenvalue weighted by Crippen LogP contribution is -2.23. The molecule has 3 aromatic rings. The average Bonchev–Trinajstić information content (AvgIpc) is 3.12. The van der Waals surface area contributed by atoms with Crippen LogP contribution in [0.1, 0.15) is 30.2 Å². The van der Waals surface area contributed by atoms with Crippen molar-refractivity contribution in [1.82, 2.24) is 10.3 Å². The quantitative estimate of drug-likeness (QED) is 0.739. The summed E-state index contributed by atoms with van der Waals surface area (Å²) in [5.74, 6) is 0.995. The number of para-hydroxylation sites is 1. The highest BCUT2D eigenvalue weighted by Gasteiger charge is 2.17. The van der Waals surface area contributed by atoms with E-state index in [9.17, 15) is 0 Å². The third-order valence-electron chi connectivity index (χ3n) is 3.29. The van der Waals surface area contributed by atoms with E-state index < -0.39 is 0 Å². The van der Waals surface area contributed by atoms with Gasteiger partial charge in [0.25, 0.3) is 0 Å². The lowest BCUT2D eigenvalue weighted by atomic mass is 10.1. The van der Waals surface area contributed by atoms with Crippen molar-refractivity contribution < 1.29 is 4.42 Å². The molecule has 1 atom stereocenters. The number of nitrogens with one attached hydrogen (secondary N) is 1. The lowest BCUT2D eigenvalue weighted by Gasteiger charge is -2.14. The Bertz CT molecular complexity index is 627. The second kappa shape index (κ2) is 6.20. The van der Waals surface area contributed by atoms with Crippen LogP contribution in [0.15, 0.2) is 46.3 Å². The molecule has 3 rings (SSSR count). The second-order valence-electron chi connectivity index (χ2n) is 4.82. The highest BCUT2D eigenvalue weighted by molar-refractivity contribution is 7.09. The molecule has 104 valence electrons. The van der Waals surface area contributed by atoms with E-state index in [1.807, 2.05) is 29.8 Å². The van der Waals surface area contributed by atoms with Crippen LogP contribution in [0.2, 0.25) is 0 Å². The van der Waals surface area contributed by atoms with E-state index in [1.165, 1.54) is 0 Å². The number of thiazole rings is 1. The van der Waals surface area contributed by atoms with Gasteiger partial charge in [0.1, 0.15) is 11.3 Å². The maximum absolute atomic E-state index is 5.99. The van der Waals surface area contributed by atoms with E-state index >= 15 is 0 Å². The van der Waals surface area contributed by atoms with Gasteiger partial charge in [0.05, 0.1) is 11.0 Å². The van der Waals surface area contributed by atoms with Gasteiger partial charge in [-0.05, 0) is 25.1 Å². The summed E-state index contributed by atoms with van der Waals surface area (Å²) in [4.78, 5) is 4.38. The van der Waals surface area contributed by atoms with Crippen molar-refractivity contribution in [2.75, 3.05) is 6.54 Å². The van der Waals surface area contributed by atoms with Crippen LogP contribution in [0.3, 0.4) is 0 Å². The summed E-state index contributed by atoms with van der Waals surface area (Å²) >= 11 is 1.69. The second-order valence-corrected chi connectivity index (χ2v) is 5.80. The standard InChI is InChI=1S/C16H18N2OS/c1-2-7-17-13(11-16-18-8-9-20-16)15-10-12-5-3-4-6-14(12)19-15/h3-6,8-10,13,17H,2,7,11H2,1H3. The zero-order valence-electron chi connectivity index (χ0n) is 11.5. The normalized spacial score (nSPS) is 12.8. The van der Waals surface area contributed by atoms with Crippen LogP contribution in [0.4, 0.5) is 0 Å². The molecule has 2 aromatic heterocycles. The fraction of sp³-hybridized carbons (Fsp3) is 0.312. The molecule has 1 aromatic carbocycles. The number of rotatable bonds is 6. The van der Waals surface area contributed by atoms with Crippen LogP contribution in [0.25, 0.3) is 11.0 Å². The van der Waals surface area contributed by atoms with Crippen molar-refractivity contribution in [3.05, 3.63) is 52.7 Å². The Labute approximate surface area is 122 Å². The van der Waals surface area contributed by atoms with E-state index in [1.54, 1.807) is 11.3 Å². The Morgan fingerprint density at radius 2 is 2.25 bits per heavy atom. The molecule has 3 nitrogen and oxygen atoms in total. The molecule has 0 radical (unpaired) electrons. The molecule has 0 aliphatic heterocycles. The van der Waals surface area contributed by atoms with E-state index in [0.717, 1.165) is 41.1 Å². The fourth-order valence-corrected chi connectivity index (χ4v) is 2.96. The minimum atomic E-state index is 0.188.